The lowest BCUT2D eigenvalue weighted by molar-refractivity contribution is -0.122. The van der Waals surface area contributed by atoms with Gasteiger partial charge >= 0.3 is 0 Å². The zero-order valence-electron chi connectivity index (χ0n) is 17.6. The van der Waals surface area contributed by atoms with Gasteiger partial charge in [0.15, 0.2) is 5.78 Å². The van der Waals surface area contributed by atoms with E-state index in [1.54, 1.807) is 0 Å². The number of hydrogen-bond acceptors (Lipinski definition) is 3. The molecule has 5 nitrogen and oxygen atoms in total. The molecule has 1 heterocycles. The van der Waals surface area contributed by atoms with Crippen LogP contribution >= 0.6 is 15.9 Å². The average molecular weight is 480 g/mol. The molecule has 1 aliphatic carbocycles. The summed E-state index contributed by atoms with van der Waals surface area (Å²) in [6.45, 7) is 3.30. The molecular formula is C25H26BrN3O2. The molecule has 0 aliphatic heterocycles. The van der Waals surface area contributed by atoms with Crippen molar-refractivity contribution in [1.82, 2.24) is 9.13 Å². The second kappa shape index (κ2) is 9.52. The lowest BCUT2D eigenvalue weighted by atomic mass is 9.96. The zero-order chi connectivity index (χ0) is 21.8. The predicted molar refractivity (Wildman–Crippen MR) is 126 cm³/mol. The molecule has 1 aliphatic rings. The van der Waals surface area contributed by atoms with Crippen LogP contribution in [0, 0.1) is 11.3 Å². The quantitative estimate of drug-likeness (QED) is 0.494. The van der Waals surface area contributed by atoms with Crippen LogP contribution in [0.1, 0.15) is 18.9 Å². The number of hydrogen-bond donors (Lipinski definition) is 1. The molecule has 4 rings (SSSR count). The summed E-state index contributed by atoms with van der Waals surface area (Å²) in [7, 11) is 0. The minimum Gasteiger partial charge on any atom is -0.492 e. The Bertz CT molecular complexity index is 1200. The maximum atomic E-state index is 13.0. The number of carbonyl (C=O) groups is 1. The van der Waals surface area contributed by atoms with Gasteiger partial charge in [0.05, 0.1) is 24.1 Å². The van der Waals surface area contributed by atoms with E-state index in [9.17, 15) is 4.79 Å². The molecule has 0 saturated carbocycles. The molecule has 0 fully saturated rings. The van der Waals surface area contributed by atoms with Gasteiger partial charge in [-0.15, -0.1) is 0 Å². The van der Waals surface area contributed by atoms with Crippen molar-refractivity contribution in [1.29, 1.82) is 5.41 Å². The third kappa shape index (κ3) is 4.59. The van der Waals surface area contributed by atoms with Crippen molar-refractivity contribution in [2.45, 2.75) is 32.9 Å². The van der Waals surface area contributed by atoms with Gasteiger partial charge in [0.2, 0.25) is 5.62 Å². The van der Waals surface area contributed by atoms with E-state index in [-0.39, 0.29) is 18.2 Å². The van der Waals surface area contributed by atoms with Crippen molar-refractivity contribution >= 4 is 32.7 Å². The normalized spacial score (nSPS) is 15.8. The highest BCUT2D eigenvalue weighted by Gasteiger charge is 2.21. The van der Waals surface area contributed by atoms with Crippen LogP contribution in [-0.4, -0.2) is 21.5 Å². The van der Waals surface area contributed by atoms with Gasteiger partial charge in [-0.3, -0.25) is 10.2 Å². The van der Waals surface area contributed by atoms with Crippen LogP contribution in [0.2, 0.25) is 0 Å². The monoisotopic (exact) mass is 479 g/mol. The van der Waals surface area contributed by atoms with Crippen molar-refractivity contribution in [3.8, 4) is 5.75 Å². The molecule has 1 aromatic heterocycles. The standard InChI is InChI=1S/C25H26BrN3O2/c1-2-18-7-6-10-22-24(18)28(15-16-31-21-8-4-3-5-9-21)25(27)29(22)17-23(30)19-11-13-20(26)14-12-19/h3-11,13-14,19,27H,2,12,15-17H2,1H3/t19-/m0/s1. The number of benzene rings is 2. The summed E-state index contributed by atoms with van der Waals surface area (Å²) in [5.41, 5.74) is 3.44. The van der Waals surface area contributed by atoms with Crippen molar-refractivity contribution in [3.63, 3.8) is 0 Å². The molecule has 3 aromatic rings. The molecular weight excluding hydrogens is 454 g/mol. The first-order valence-corrected chi connectivity index (χ1v) is 11.4. The number of imidazole rings is 1. The fraction of sp³-hybridized carbons (Fsp3) is 0.280. The Kier molecular flexibility index (Phi) is 6.56. The fourth-order valence-corrected chi connectivity index (χ4v) is 4.35. The first-order valence-electron chi connectivity index (χ1n) is 10.6. The van der Waals surface area contributed by atoms with Crippen molar-refractivity contribution in [3.05, 3.63) is 82.4 Å². The van der Waals surface area contributed by atoms with E-state index in [0.717, 1.165) is 27.7 Å². The van der Waals surface area contributed by atoms with Gasteiger partial charge in [-0.2, -0.15) is 0 Å². The summed E-state index contributed by atoms with van der Waals surface area (Å²) in [4.78, 5) is 13.0. The number of nitrogens with one attached hydrogen (secondary N) is 1. The number of rotatable bonds is 8. The molecule has 160 valence electrons. The Labute approximate surface area is 190 Å². The Morgan fingerprint density at radius 1 is 1.16 bits per heavy atom. The van der Waals surface area contributed by atoms with E-state index in [4.69, 9.17) is 10.1 Å². The third-order valence-electron chi connectivity index (χ3n) is 5.66. The third-order valence-corrected chi connectivity index (χ3v) is 6.25. The highest BCUT2D eigenvalue weighted by Crippen LogP contribution is 2.23. The summed E-state index contributed by atoms with van der Waals surface area (Å²) in [6.07, 6.45) is 7.44. The van der Waals surface area contributed by atoms with Gasteiger partial charge < -0.3 is 13.9 Å². The number of Topliss-reactive ketones (excluding diaryl/α,β-unsaturated/α-hetero) is 1. The Morgan fingerprint density at radius 3 is 2.68 bits per heavy atom. The second-order valence-electron chi connectivity index (χ2n) is 7.62. The van der Waals surface area contributed by atoms with Gasteiger partial charge in [-0.1, -0.05) is 71.4 Å². The Hall–Kier alpha value is -2.86. The number of para-hydroxylation sites is 2. The van der Waals surface area contributed by atoms with Gasteiger partial charge in [0.1, 0.15) is 12.4 Å². The number of nitrogens with zero attached hydrogens (tertiary/aromatic N) is 2. The van der Waals surface area contributed by atoms with E-state index in [0.29, 0.717) is 25.2 Å². The first kappa shape index (κ1) is 21.4. The van der Waals surface area contributed by atoms with Crippen LogP contribution < -0.4 is 10.4 Å². The van der Waals surface area contributed by atoms with Gasteiger partial charge in [-0.05, 0) is 36.6 Å². The summed E-state index contributed by atoms with van der Waals surface area (Å²) in [5.74, 6) is 0.780. The van der Waals surface area contributed by atoms with E-state index in [2.05, 4.69) is 28.9 Å². The smallest absolute Gasteiger partial charge is 0.203 e. The van der Waals surface area contributed by atoms with Crippen molar-refractivity contribution in [2.24, 2.45) is 5.92 Å². The molecule has 0 bridgehead atoms. The average Bonchev–Trinajstić information content (AvgIpc) is 3.06. The molecule has 0 amide bonds. The highest BCUT2D eigenvalue weighted by atomic mass is 79.9. The lowest BCUT2D eigenvalue weighted by Gasteiger charge is -2.14. The molecule has 1 atom stereocenters. The Morgan fingerprint density at radius 2 is 1.97 bits per heavy atom. The number of aryl methyl sites for hydroxylation is 1. The minimum atomic E-state index is -0.151. The number of ether oxygens (including phenoxy) is 1. The van der Waals surface area contributed by atoms with Crippen LogP contribution in [0.3, 0.4) is 0 Å². The molecule has 6 heteroatoms. The Balaban J connectivity index is 1.63. The van der Waals surface area contributed by atoms with E-state index < -0.39 is 0 Å². The fourth-order valence-electron chi connectivity index (χ4n) is 4.01. The number of ketones is 1. The minimum absolute atomic E-state index is 0.118. The first-order chi connectivity index (χ1) is 15.1. The molecule has 2 aromatic carbocycles. The van der Waals surface area contributed by atoms with Crippen LogP contribution in [0.5, 0.6) is 5.75 Å². The van der Waals surface area contributed by atoms with Gasteiger partial charge in [-0.25, -0.2) is 0 Å². The number of halogens is 1. The summed E-state index contributed by atoms with van der Waals surface area (Å²) in [6, 6.07) is 15.8. The maximum Gasteiger partial charge on any atom is 0.203 e. The van der Waals surface area contributed by atoms with E-state index >= 15 is 0 Å². The summed E-state index contributed by atoms with van der Waals surface area (Å²) in [5, 5.41) is 8.85. The van der Waals surface area contributed by atoms with Crippen molar-refractivity contribution in [2.75, 3.05) is 6.61 Å². The predicted octanol–water partition coefficient (Wildman–Crippen LogP) is 4.99. The molecule has 31 heavy (non-hydrogen) atoms. The summed E-state index contributed by atoms with van der Waals surface area (Å²) < 4.78 is 10.7. The number of aromatic nitrogens is 2. The van der Waals surface area contributed by atoms with Crippen LogP contribution in [0.4, 0.5) is 0 Å². The summed E-state index contributed by atoms with van der Waals surface area (Å²) >= 11 is 3.45. The number of carbonyl (C=O) groups excluding carboxylic acids is 1. The number of fused-ring (bicyclic) bond motifs is 1. The maximum absolute atomic E-state index is 13.0. The second-order valence-corrected chi connectivity index (χ2v) is 8.53. The van der Waals surface area contributed by atoms with E-state index in [1.807, 2.05) is 69.8 Å². The van der Waals surface area contributed by atoms with Crippen molar-refractivity contribution < 1.29 is 9.53 Å². The van der Waals surface area contributed by atoms with Crippen LogP contribution in [-0.2, 0) is 24.3 Å². The largest absolute Gasteiger partial charge is 0.492 e. The topological polar surface area (TPSA) is 60.0 Å². The SMILES string of the molecule is CCc1cccc2c1n(CCOc1ccccc1)c(=N)n2CC(=O)[C@H]1C=CC(Br)=CC1. The number of allylic oxidation sites excluding steroid dienone is 4. The zero-order valence-corrected chi connectivity index (χ0v) is 19.1. The molecule has 0 radical (unpaired) electrons. The highest BCUT2D eigenvalue weighted by molar-refractivity contribution is 9.11. The van der Waals surface area contributed by atoms with Gasteiger partial charge in [0, 0.05) is 10.4 Å². The molecule has 0 saturated heterocycles. The van der Waals surface area contributed by atoms with Gasteiger partial charge in [0.25, 0.3) is 0 Å². The molecule has 1 N–H and O–H groups in total. The van der Waals surface area contributed by atoms with Crippen LogP contribution in [0.25, 0.3) is 11.0 Å². The van der Waals surface area contributed by atoms with E-state index in [1.165, 1.54) is 5.56 Å². The van der Waals surface area contributed by atoms with Crippen LogP contribution in [0.15, 0.2) is 71.2 Å². The molecule has 0 spiro atoms. The lowest BCUT2D eigenvalue weighted by Crippen LogP contribution is -2.30. The molecule has 0 unspecified atom stereocenters.